The van der Waals surface area contributed by atoms with Crippen LogP contribution in [0.4, 0.5) is 4.39 Å². The molecule has 1 rings (SSSR count). The molecule has 0 saturated carbocycles. The van der Waals surface area contributed by atoms with Gasteiger partial charge in [-0.25, -0.2) is 4.39 Å². The number of halogens is 2. The highest BCUT2D eigenvalue weighted by molar-refractivity contribution is 6.30. The smallest absolute Gasteiger partial charge is 0.127 e. The van der Waals surface area contributed by atoms with Crippen molar-refractivity contribution in [3.8, 4) is 0 Å². The fourth-order valence-corrected chi connectivity index (χ4v) is 1.75. The Labute approximate surface area is 101 Å². The maximum atomic E-state index is 13.5. The van der Waals surface area contributed by atoms with Gasteiger partial charge in [0.15, 0.2) is 0 Å². The predicted molar refractivity (Wildman–Crippen MR) is 66.0 cm³/mol. The SMILES string of the molecule is CC(CCN)N(C)Cc1cc(Cl)ccc1F. The van der Waals surface area contributed by atoms with Crippen molar-refractivity contribution in [3.63, 3.8) is 0 Å². The van der Waals surface area contributed by atoms with Crippen molar-refractivity contribution >= 4 is 11.6 Å². The molecule has 2 nitrogen and oxygen atoms in total. The third-order valence-corrected chi connectivity index (χ3v) is 3.00. The molecule has 1 unspecified atom stereocenters. The molecule has 0 bridgehead atoms. The molecule has 1 aromatic rings. The van der Waals surface area contributed by atoms with Crippen LogP contribution in [0.1, 0.15) is 18.9 Å². The van der Waals surface area contributed by atoms with Crippen molar-refractivity contribution in [2.24, 2.45) is 5.73 Å². The predicted octanol–water partition coefficient (Wildman–Crippen LogP) is 2.65. The quantitative estimate of drug-likeness (QED) is 0.863. The Morgan fingerprint density at radius 2 is 2.19 bits per heavy atom. The topological polar surface area (TPSA) is 29.3 Å². The van der Waals surface area contributed by atoms with Crippen LogP contribution in [0.25, 0.3) is 0 Å². The minimum Gasteiger partial charge on any atom is -0.330 e. The van der Waals surface area contributed by atoms with Crippen molar-refractivity contribution < 1.29 is 4.39 Å². The molecule has 0 aliphatic heterocycles. The third-order valence-electron chi connectivity index (χ3n) is 2.76. The van der Waals surface area contributed by atoms with E-state index in [2.05, 4.69) is 11.8 Å². The Balaban J connectivity index is 2.68. The van der Waals surface area contributed by atoms with E-state index in [0.717, 1.165) is 6.42 Å². The number of hydrogen-bond acceptors (Lipinski definition) is 2. The lowest BCUT2D eigenvalue weighted by Gasteiger charge is -2.24. The molecule has 4 heteroatoms. The Bertz CT molecular complexity index is 344. The molecule has 1 atom stereocenters. The molecule has 0 aromatic heterocycles. The van der Waals surface area contributed by atoms with Gasteiger partial charge in [-0.1, -0.05) is 11.6 Å². The Morgan fingerprint density at radius 1 is 1.50 bits per heavy atom. The zero-order valence-corrected chi connectivity index (χ0v) is 10.5. The van der Waals surface area contributed by atoms with Gasteiger partial charge in [0.25, 0.3) is 0 Å². The molecule has 0 amide bonds. The standard InChI is InChI=1S/C12H18ClFN2/c1-9(5-6-15)16(2)8-10-7-11(13)3-4-12(10)14/h3-4,7,9H,5-6,8,15H2,1-2H3. The lowest BCUT2D eigenvalue weighted by Crippen LogP contribution is -2.30. The van der Waals surface area contributed by atoms with Gasteiger partial charge in [0.2, 0.25) is 0 Å². The molecule has 0 spiro atoms. The van der Waals surface area contributed by atoms with Crippen LogP contribution >= 0.6 is 11.6 Å². The zero-order chi connectivity index (χ0) is 12.1. The molecule has 0 fully saturated rings. The van der Waals surface area contributed by atoms with E-state index < -0.39 is 0 Å². The van der Waals surface area contributed by atoms with Gasteiger partial charge < -0.3 is 5.73 Å². The van der Waals surface area contributed by atoms with Crippen molar-refractivity contribution in [1.82, 2.24) is 4.90 Å². The number of nitrogens with zero attached hydrogens (tertiary/aromatic N) is 1. The summed E-state index contributed by atoms with van der Waals surface area (Å²) in [5.74, 6) is -0.212. The highest BCUT2D eigenvalue weighted by Gasteiger charge is 2.11. The fourth-order valence-electron chi connectivity index (χ4n) is 1.55. The number of rotatable bonds is 5. The van der Waals surface area contributed by atoms with Crippen molar-refractivity contribution in [1.29, 1.82) is 0 Å². The fraction of sp³-hybridized carbons (Fsp3) is 0.500. The van der Waals surface area contributed by atoms with Crippen LogP contribution in [0.15, 0.2) is 18.2 Å². The second kappa shape index (κ2) is 6.18. The molecule has 90 valence electrons. The number of nitrogens with two attached hydrogens (primary N) is 1. The summed E-state index contributed by atoms with van der Waals surface area (Å²) < 4.78 is 13.5. The van der Waals surface area contributed by atoms with Crippen LogP contribution in [0.2, 0.25) is 5.02 Å². The summed E-state index contributed by atoms with van der Waals surface area (Å²) in [4.78, 5) is 2.07. The molecule has 0 heterocycles. The van der Waals surface area contributed by atoms with E-state index in [0.29, 0.717) is 29.7 Å². The summed E-state index contributed by atoms with van der Waals surface area (Å²) in [6, 6.07) is 4.97. The summed E-state index contributed by atoms with van der Waals surface area (Å²) in [7, 11) is 1.96. The summed E-state index contributed by atoms with van der Waals surface area (Å²) in [6.45, 7) is 3.27. The minimum absolute atomic E-state index is 0.212. The summed E-state index contributed by atoms with van der Waals surface area (Å²) in [5.41, 5.74) is 6.12. The lowest BCUT2D eigenvalue weighted by molar-refractivity contribution is 0.237. The second-order valence-electron chi connectivity index (χ2n) is 4.08. The van der Waals surface area contributed by atoms with E-state index in [1.807, 2.05) is 7.05 Å². The number of benzene rings is 1. The van der Waals surface area contributed by atoms with Gasteiger partial charge in [-0.3, -0.25) is 4.90 Å². The average molecular weight is 245 g/mol. The van der Waals surface area contributed by atoms with E-state index in [4.69, 9.17) is 17.3 Å². The van der Waals surface area contributed by atoms with Crippen LogP contribution in [0.5, 0.6) is 0 Å². The van der Waals surface area contributed by atoms with E-state index >= 15 is 0 Å². The largest absolute Gasteiger partial charge is 0.330 e. The molecule has 0 aliphatic rings. The van der Waals surface area contributed by atoms with Gasteiger partial charge in [-0.15, -0.1) is 0 Å². The molecule has 2 N–H and O–H groups in total. The van der Waals surface area contributed by atoms with Crippen LogP contribution in [0.3, 0.4) is 0 Å². The van der Waals surface area contributed by atoms with Gasteiger partial charge >= 0.3 is 0 Å². The van der Waals surface area contributed by atoms with Crippen LogP contribution in [-0.2, 0) is 6.54 Å². The maximum Gasteiger partial charge on any atom is 0.127 e. The van der Waals surface area contributed by atoms with E-state index in [1.165, 1.54) is 6.07 Å². The third kappa shape index (κ3) is 3.74. The van der Waals surface area contributed by atoms with Gasteiger partial charge in [0.05, 0.1) is 0 Å². The lowest BCUT2D eigenvalue weighted by atomic mass is 10.1. The van der Waals surface area contributed by atoms with Gasteiger partial charge in [-0.2, -0.15) is 0 Å². The van der Waals surface area contributed by atoms with Crippen molar-refractivity contribution in [2.45, 2.75) is 25.9 Å². The van der Waals surface area contributed by atoms with E-state index in [9.17, 15) is 4.39 Å². The molecular weight excluding hydrogens is 227 g/mol. The first kappa shape index (κ1) is 13.4. The summed E-state index contributed by atoms with van der Waals surface area (Å²) in [5, 5.41) is 0.566. The second-order valence-corrected chi connectivity index (χ2v) is 4.51. The molecule has 0 radical (unpaired) electrons. The van der Waals surface area contributed by atoms with Crippen LogP contribution in [0, 0.1) is 5.82 Å². The van der Waals surface area contributed by atoms with Crippen molar-refractivity contribution in [3.05, 3.63) is 34.6 Å². The van der Waals surface area contributed by atoms with Crippen LogP contribution < -0.4 is 5.73 Å². The van der Waals surface area contributed by atoms with Gasteiger partial charge in [0.1, 0.15) is 5.82 Å². The first-order valence-electron chi connectivity index (χ1n) is 5.39. The summed E-state index contributed by atoms with van der Waals surface area (Å²) >= 11 is 5.84. The van der Waals surface area contributed by atoms with Gasteiger partial charge in [-0.05, 0) is 45.1 Å². The van der Waals surface area contributed by atoms with E-state index in [-0.39, 0.29) is 5.82 Å². The molecular formula is C12H18ClFN2. The first-order valence-corrected chi connectivity index (χ1v) is 5.76. The molecule has 16 heavy (non-hydrogen) atoms. The van der Waals surface area contributed by atoms with Crippen LogP contribution in [-0.4, -0.2) is 24.5 Å². The number of hydrogen-bond donors (Lipinski definition) is 1. The average Bonchev–Trinajstić information content (AvgIpc) is 2.23. The normalized spacial score (nSPS) is 13.1. The van der Waals surface area contributed by atoms with Gasteiger partial charge in [0, 0.05) is 23.2 Å². The highest BCUT2D eigenvalue weighted by Crippen LogP contribution is 2.17. The Morgan fingerprint density at radius 3 is 2.81 bits per heavy atom. The minimum atomic E-state index is -0.212. The molecule has 0 aliphatic carbocycles. The molecule has 1 aromatic carbocycles. The highest BCUT2D eigenvalue weighted by atomic mass is 35.5. The Kier molecular flexibility index (Phi) is 5.19. The van der Waals surface area contributed by atoms with Crippen molar-refractivity contribution in [2.75, 3.05) is 13.6 Å². The Hall–Kier alpha value is -0.640. The maximum absolute atomic E-state index is 13.5. The molecule has 0 saturated heterocycles. The monoisotopic (exact) mass is 244 g/mol. The summed E-state index contributed by atoms with van der Waals surface area (Å²) in [6.07, 6.45) is 0.901. The van der Waals surface area contributed by atoms with E-state index in [1.54, 1.807) is 12.1 Å². The zero-order valence-electron chi connectivity index (χ0n) is 9.71. The first-order chi connectivity index (χ1) is 7.54.